The molecule has 0 radical (unpaired) electrons. The molecule has 0 bridgehead atoms. The number of benzene rings is 1. The molecule has 1 saturated heterocycles. The summed E-state index contributed by atoms with van der Waals surface area (Å²) in [5, 5.41) is 10.0. The summed E-state index contributed by atoms with van der Waals surface area (Å²) in [4.78, 5) is 26.1. The molecule has 26 heavy (non-hydrogen) atoms. The predicted octanol–water partition coefficient (Wildman–Crippen LogP) is 3.13. The molecular weight excluding hydrogens is 330 g/mol. The largest absolute Gasteiger partial charge is 0.330 e. The third kappa shape index (κ3) is 3.71. The molecule has 7 nitrogen and oxygen atoms in total. The first-order chi connectivity index (χ1) is 12.5. The van der Waals surface area contributed by atoms with Crippen LogP contribution in [0.4, 0.5) is 16.2 Å². The van der Waals surface area contributed by atoms with Crippen LogP contribution in [0, 0.1) is 6.92 Å². The first-order valence-corrected chi connectivity index (χ1v) is 8.96. The van der Waals surface area contributed by atoms with Gasteiger partial charge in [-0.3, -0.25) is 9.48 Å². The Labute approximate surface area is 153 Å². The van der Waals surface area contributed by atoms with Crippen molar-refractivity contribution in [3.63, 3.8) is 0 Å². The van der Waals surface area contributed by atoms with Gasteiger partial charge in [0.25, 0.3) is 0 Å². The minimum atomic E-state index is -0.262. The Balaban J connectivity index is 1.66. The van der Waals surface area contributed by atoms with E-state index in [9.17, 15) is 9.59 Å². The van der Waals surface area contributed by atoms with Crippen molar-refractivity contribution < 1.29 is 9.59 Å². The number of hydrogen-bond acceptors (Lipinski definition) is 3. The highest BCUT2D eigenvalue weighted by atomic mass is 16.2. The third-order valence-electron chi connectivity index (χ3n) is 4.75. The SMILES string of the molecule is CC[C@@H](NC(=O)Nc1ccc(N2CCCC2=O)c(C)c1)c1ccnn1C. The Morgan fingerprint density at radius 1 is 1.35 bits per heavy atom. The van der Waals surface area contributed by atoms with E-state index in [0.717, 1.165) is 36.3 Å². The summed E-state index contributed by atoms with van der Waals surface area (Å²) in [7, 11) is 1.86. The smallest absolute Gasteiger partial charge is 0.319 e. The van der Waals surface area contributed by atoms with Crippen molar-refractivity contribution in [3.8, 4) is 0 Å². The molecule has 0 unspecified atom stereocenters. The second-order valence-electron chi connectivity index (χ2n) is 6.59. The molecule has 3 rings (SSSR count). The molecule has 2 heterocycles. The van der Waals surface area contributed by atoms with E-state index in [2.05, 4.69) is 15.7 Å². The standard InChI is InChI=1S/C19H25N5O2/c1-4-15(17-9-10-20-23(17)3)22-19(26)21-14-7-8-16(13(2)12-14)24-11-5-6-18(24)25/h7-10,12,15H,4-6,11H2,1-3H3,(H2,21,22,26)/t15-/m1/s1. The van der Waals surface area contributed by atoms with Crippen molar-refractivity contribution in [1.82, 2.24) is 15.1 Å². The Hall–Kier alpha value is -2.83. The lowest BCUT2D eigenvalue weighted by Crippen LogP contribution is -2.33. The Bertz CT molecular complexity index is 814. The second kappa shape index (κ2) is 7.59. The highest BCUT2D eigenvalue weighted by molar-refractivity contribution is 5.96. The van der Waals surface area contributed by atoms with E-state index in [-0.39, 0.29) is 18.0 Å². The van der Waals surface area contributed by atoms with Crippen LogP contribution in [0.5, 0.6) is 0 Å². The molecule has 1 aromatic carbocycles. The third-order valence-corrected chi connectivity index (χ3v) is 4.75. The van der Waals surface area contributed by atoms with E-state index < -0.39 is 0 Å². The van der Waals surface area contributed by atoms with Crippen LogP contribution >= 0.6 is 0 Å². The Kier molecular flexibility index (Phi) is 5.25. The summed E-state index contributed by atoms with van der Waals surface area (Å²) in [5.74, 6) is 0.161. The summed E-state index contributed by atoms with van der Waals surface area (Å²) >= 11 is 0. The molecule has 2 aromatic rings. The molecule has 1 aliphatic heterocycles. The fourth-order valence-corrected chi connectivity index (χ4v) is 3.38. The van der Waals surface area contributed by atoms with E-state index in [1.807, 2.05) is 50.1 Å². The number of rotatable bonds is 5. The number of amides is 3. The molecule has 0 saturated carbocycles. The van der Waals surface area contributed by atoms with Gasteiger partial charge in [0.2, 0.25) is 5.91 Å². The molecule has 0 spiro atoms. The van der Waals surface area contributed by atoms with Crippen molar-refractivity contribution >= 4 is 23.3 Å². The number of anilines is 2. The van der Waals surface area contributed by atoms with E-state index in [1.54, 1.807) is 10.9 Å². The van der Waals surface area contributed by atoms with Crippen molar-refractivity contribution in [2.24, 2.45) is 7.05 Å². The Morgan fingerprint density at radius 3 is 2.73 bits per heavy atom. The zero-order chi connectivity index (χ0) is 18.7. The van der Waals surface area contributed by atoms with Crippen molar-refractivity contribution in [2.75, 3.05) is 16.8 Å². The quantitative estimate of drug-likeness (QED) is 0.865. The molecule has 138 valence electrons. The van der Waals surface area contributed by atoms with Crippen LogP contribution in [0.2, 0.25) is 0 Å². The number of urea groups is 1. The monoisotopic (exact) mass is 355 g/mol. The van der Waals surface area contributed by atoms with Crippen LogP contribution in [-0.2, 0) is 11.8 Å². The lowest BCUT2D eigenvalue weighted by atomic mass is 10.1. The van der Waals surface area contributed by atoms with E-state index in [1.165, 1.54) is 0 Å². The maximum Gasteiger partial charge on any atom is 0.319 e. The van der Waals surface area contributed by atoms with Gasteiger partial charge in [0.15, 0.2) is 0 Å². The summed E-state index contributed by atoms with van der Waals surface area (Å²) in [6, 6.07) is 7.16. The van der Waals surface area contributed by atoms with Crippen LogP contribution in [-0.4, -0.2) is 28.3 Å². The molecule has 7 heteroatoms. The molecule has 3 amide bonds. The summed E-state index contributed by atoms with van der Waals surface area (Å²) < 4.78 is 1.76. The van der Waals surface area contributed by atoms with Gasteiger partial charge >= 0.3 is 6.03 Å². The van der Waals surface area contributed by atoms with Gasteiger partial charge in [-0.1, -0.05) is 6.92 Å². The van der Waals surface area contributed by atoms with Crippen LogP contribution in [0.15, 0.2) is 30.5 Å². The lowest BCUT2D eigenvalue weighted by molar-refractivity contribution is -0.117. The van der Waals surface area contributed by atoms with Crippen molar-refractivity contribution in [2.45, 2.75) is 39.2 Å². The van der Waals surface area contributed by atoms with Gasteiger partial charge in [0, 0.05) is 37.6 Å². The molecule has 1 aliphatic rings. The molecule has 2 N–H and O–H groups in total. The number of nitrogens with one attached hydrogen (secondary N) is 2. The topological polar surface area (TPSA) is 79.3 Å². The average molecular weight is 355 g/mol. The number of hydrogen-bond donors (Lipinski definition) is 2. The van der Waals surface area contributed by atoms with Gasteiger partial charge in [-0.25, -0.2) is 4.79 Å². The van der Waals surface area contributed by atoms with Gasteiger partial charge in [-0.05, 0) is 49.6 Å². The number of aryl methyl sites for hydroxylation is 2. The highest BCUT2D eigenvalue weighted by Crippen LogP contribution is 2.27. The maximum atomic E-state index is 12.4. The van der Waals surface area contributed by atoms with Crippen LogP contribution in [0.3, 0.4) is 0 Å². The van der Waals surface area contributed by atoms with Gasteiger partial charge in [0.05, 0.1) is 11.7 Å². The van der Waals surface area contributed by atoms with E-state index in [0.29, 0.717) is 12.1 Å². The van der Waals surface area contributed by atoms with E-state index in [4.69, 9.17) is 0 Å². The van der Waals surface area contributed by atoms with Crippen LogP contribution in [0.1, 0.15) is 43.5 Å². The fourth-order valence-electron chi connectivity index (χ4n) is 3.38. The number of carbonyl (C=O) groups excluding carboxylic acids is 2. The van der Waals surface area contributed by atoms with Gasteiger partial charge in [0.1, 0.15) is 0 Å². The normalized spacial score (nSPS) is 15.2. The van der Waals surface area contributed by atoms with Crippen molar-refractivity contribution in [3.05, 3.63) is 41.7 Å². The number of nitrogens with zero attached hydrogens (tertiary/aromatic N) is 3. The van der Waals surface area contributed by atoms with Gasteiger partial charge in [-0.15, -0.1) is 0 Å². The second-order valence-corrected chi connectivity index (χ2v) is 6.59. The first kappa shape index (κ1) is 18.0. The van der Waals surface area contributed by atoms with Crippen LogP contribution < -0.4 is 15.5 Å². The molecule has 1 atom stereocenters. The number of aromatic nitrogens is 2. The minimum Gasteiger partial charge on any atom is -0.330 e. The molecular formula is C19H25N5O2. The molecule has 0 aliphatic carbocycles. The average Bonchev–Trinajstić information content (AvgIpc) is 3.21. The zero-order valence-corrected chi connectivity index (χ0v) is 15.5. The minimum absolute atomic E-state index is 0.106. The fraction of sp³-hybridized carbons (Fsp3) is 0.421. The number of carbonyl (C=O) groups is 2. The van der Waals surface area contributed by atoms with Crippen LogP contribution in [0.25, 0.3) is 0 Å². The first-order valence-electron chi connectivity index (χ1n) is 8.96. The highest BCUT2D eigenvalue weighted by Gasteiger charge is 2.23. The predicted molar refractivity (Wildman–Crippen MR) is 101 cm³/mol. The lowest BCUT2D eigenvalue weighted by Gasteiger charge is -2.20. The molecule has 1 aromatic heterocycles. The van der Waals surface area contributed by atoms with E-state index >= 15 is 0 Å². The van der Waals surface area contributed by atoms with Gasteiger partial charge in [-0.2, -0.15) is 5.10 Å². The summed E-state index contributed by atoms with van der Waals surface area (Å²) in [6.45, 7) is 4.73. The molecule has 1 fully saturated rings. The Morgan fingerprint density at radius 2 is 2.15 bits per heavy atom. The summed E-state index contributed by atoms with van der Waals surface area (Å²) in [5.41, 5.74) is 3.55. The zero-order valence-electron chi connectivity index (χ0n) is 15.5. The maximum absolute atomic E-state index is 12.4. The van der Waals surface area contributed by atoms with Gasteiger partial charge < -0.3 is 15.5 Å². The van der Waals surface area contributed by atoms with Crippen molar-refractivity contribution in [1.29, 1.82) is 0 Å². The summed E-state index contributed by atoms with van der Waals surface area (Å²) in [6.07, 6.45) is 3.99.